The predicted octanol–water partition coefficient (Wildman–Crippen LogP) is 2.39. The molecule has 0 rings (SSSR count). The molecule has 22 heavy (non-hydrogen) atoms. The van der Waals surface area contributed by atoms with E-state index in [2.05, 4.69) is 29.8 Å². The lowest BCUT2D eigenvalue weighted by molar-refractivity contribution is -0.122. The molecule has 0 bridgehead atoms. The summed E-state index contributed by atoms with van der Waals surface area (Å²) in [6, 6.07) is -0.443. The largest absolute Gasteiger partial charge is 0.396 e. The second-order valence-corrected chi connectivity index (χ2v) is 5.91. The van der Waals surface area contributed by atoms with E-state index in [1.807, 2.05) is 0 Å². The standard InChI is InChI=1S/C16H32N2O3S/c1-2-3-4-5-8-11-16(21)17-13-14(18-22)15(20)10-7-6-9-12-19/h14,18-19,22H,2-13H2,1H3,(H,17,21)/t14-/m0/s1. The van der Waals surface area contributed by atoms with Crippen LogP contribution in [0.2, 0.25) is 0 Å². The Labute approximate surface area is 140 Å². The van der Waals surface area contributed by atoms with Gasteiger partial charge in [-0.05, 0) is 19.3 Å². The second-order valence-electron chi connectivity index (χ2n) is 5.65. The molecule has 130 valence electrons. The molecule has 0 saturated carbocycles. The van der Waals surface area contributed by atoms with Gasteiger partial charge in [-0.3, -0.25) is 14.3 Å². The van der Waals surface area contributed by atoms with Gasteiger partial charge in [0.2, 0.25) is 5.91 Å². The van der Waals surface area contributed by atoms with Crippen LogP contribution in [-0.4, -0.2) is 36.0 Å². The number of rotatable bonds is 15. The van der Waals surface area contributed by atoms with E-state index in [1.54, 1.807) is 0 Å². The molecular formula is C16H32N2O3S. The zero-order valence-electron chi connectivity index (χ0n) is 13.8. The van der Waals surface area contributed by atoms with Crippen LogP contribution in [0.25, 0.3) is 0 Å². The molecule has 1 amide bonds. The number of amides is 1. The molecule has 5 nitrogen and oxygen atoms in total. The quantitative estimate of drug-likeness (QED) is 0.274. The van der Waals surface area contributed by atoms with Gasteiger partial charge in [-0.1, -0.05) is 51.8 Å². The summed E-state index contributed by atoms with van der Waals surface area (Å²) in [5.74, 6) is 0.0503. The third-order valence-electron chi connectivity index (χ3n) is 3.64. The summed E-state index contributed by atoms with van der Waals surface area (Å²) in [5.41, 5.74) is 0. The van der Waals surface area contributed by atoms with Crippen LogP contribution in [0.3, 0.4) is 0 Å². The highest BCUT2D eigenvalue weighted by atomic mass is 32.1. The Morgan fingerprint density at radius 1 is 1.00 bits per heavy atom. The van der Waals surface area contributed by atoms with E-state index in [0.717, 1.165) is 32.1 Å². The maximum atomic E-state index is 12.0. The molecule has 0 aromatic rings. The number of hydrogen-bond acceptors (Lipinski definition) is 5. The third kappa shape index (κ3) is 12.0. The van der Waals surface area contributed by atoms with Gasteiger partial charge in [0.25, 0.3) is 0 Å². The van der Waals surface area contributed by atoms with Gasteiger partial charge in [0, 0.05) is 26.0 Å². The zero-order chi connectivity index (χ0) is 16.6. The Bertz CT molecular complexity index is 301. The average Bonchev–Trinajstić information content (AvgIpc) is 2.52. The topological polar surface area (TPSA) is 78.4 Å². The van der Waals surface area contributed by atoms with Crippen molar-refractivity contribution < 1.29 is 14.7 Å². The summed E-state index contributed by atoms with van der Waals surface area (Å²) in [6.45, 7) is 2.62. The molecule has 1 atom stereocenters. The van der Waals surface area contributed by atoms with Crippen molar-refractivity contribution in [3.63, 3.8) is 0 Å². The lowest BCUT2D eigenvalue weighted by atomic mass is 10.1. The maximum Gasteiger partial charge on any atom is 0.220 e. The first-order valence-corrected chi connectivity index (χ1v) is 8.90. The molecule has 3 N–H and O–H groups in total. The van der Waals surface area contributed by atoms with Crippen molar-refractivity contribution in [2.45, 2.75) is 77.2 Å². The van der Waals surface area contributed by atoms with Crippen LogP contribution >= 0.6 is 12.8 Å². The SMILES string of the molecule is CCCCCCCC(=O)NC[C@H](NS)C(=O)CCCCCO. The number of nitrogens with one attached hydrogen (secondary N) is 2. The second kappa shape index (κ2) is 15.3. The number of thiol groups is 1. The number of aliphatic hydroxyl groups excluding tert-OH is 1. The molecular weight excluding hydrogens is 300 g/mol. The van der Waals surface area contributed by atoms with E-state index >= 15 is 0 Å². The molecule has 0 aromatic heterocycles. The Morgan fingerprint density at radius 3 is 2.27 bits per heavy atom. The van der Waals surface area contributed by atoms with Crippen LogP contribution in [0.5, 0.6) is 0 Å². The van der Waals surface area contributed by atoms with E-state index in [-0.39, 0.29) is 24.8 Å². The van der Waals surface area contributed by atoms with Gasteiger partial charge in [-0.2, -0.15) is 0 Å². The number of aliphatic hydroxyl groups is 1. The van der Waals surface area contributed by atoms with Gasteiger partial charge >= 0.3 is 0 Å². The number of carbonyl (C=O) groups is 2. The number of Topliss-reactive ketones (excluding diaryl/α,β-unsaturated/α-hetero) is 1. The van der Waals surface area contributed by atoms with Gasteiger partial charge in [-0.25, -0.2) is 0 Å². The number of hydrogen-bond donors (Lipinski definition) is 4. The lowest BCUT2D eigenvalue weighted by Crippen LogP contribution is -2.42. The zero-order valence-corrected chi connectivity index (χ0v) is 14.7. The fourth-order valence-corrected chi connectivity index (χ4v) is 2.42. The highest BCUT2D eigenvalue weighted by Gasteiger charge is 2.17. The van der Waals surface area contributed by atoms with Crippen LogP contribution < -0.4 is 10.0 Å². The van der Waals surface area contributed by atoms with Crippen molar-refractivity contribution in [1.82, 2.24) is 10.0 Å². The molecule has 0 fully saturated rings. The summed E-state index contributed by atoms with van der Waals surface area (Å²) >= 11 is 3.97. The molecule has 0 aromatic carbocycles. The Hall–Kier alpha value is -0.590. The lowest BCUT2D eigenvalue weighted by Gasteiger charge is -2.15. The average molecular weight is 333 g/mol. The molecule has 0 saturated heterocycles. The van der Waals surface area contributed by atoms with E-state index in [0.29, 0.717) is 12.8 Å². The fourth-order valence-electron chi connectivity index (χ4n) is 2.19. The molecule has 0 aliphatic rings. The minimum absolute atomic E-state index is 0.00170. The summed E-state index contributed by atoms with van der Waals surface area (Å²) in [7, 11) is 0. The van der Waals surface area contributed by atoms with Gasteiger partial charge in [-0.15, -0.1) is 0 Å². The molecule has 0 spiro atoms. The van der Waals surface area contributed by atoms with Crippen molar-refractivity contribution in [3.8, 4) is 0 Å². The third-order valence-corrected chi connectivity index (χ3v) is 3.95. The van der Waals surface area contributed by atoms with Crippen LogP contribution in [0.4, 0.5) is 0 Å². The smallest absolute Gasteiger partial charge is 0.220 e. The van der Waals surface area contributed by atoms with Gasteiger partial charge < -0.3 is 10.4 Å². The van der Waals surface area contributed by atoms with Gasteiger partial charge in [0.15, 0.2) is 5.78 Å². The van der Waals surface area contributed by atoms with E-state index < -0.39 is 6.04 Å². The van der Waals surface area contributed by atoms with Crippen molar-refractivity contribution in [2.75, 3.05) is 13.2 Å². The van der Waals surface area contributed by atoms with Crippen molar-refractivity contribution in [3.05, 3.63) is 0 Å². The Balaban J connectivity index is 3.78. The first kappa shape index (κ1) is 21.4. The molecule has 0 radical (unpaired) electrons. The molecule has 0 aliphatic carbocycles. The minimum Gasteiger partial charge on any atom is -0.396 e. The summed E-state index contributed by atoms with van der Waals surface area (Å²) in [4.78, 5) is 23.7. The highest BCUT2D eigenvalue weighted by Crippen LogP contribution is 2.05. The Morgan fingerprint density at radius 2 is 1.64 bits per heavy atom. The molecule has 0 unspecified atom stereocenters. The number of carbonyl (C=O) groups excluding carboxylic acids is 2. The van der Waals surface area contributed by atoms with Crippen LogP contribution in [0.15, 0.2) is 0 Å². The predicted molar refractivity (Wildman–Crippen MR) is 92.9 cm³/mol. The molecule has 0 aliphatic heterocycles. The maximum absolute atomic E-state index is 12.0. The van der Waals surface area contributed by atoms with Crippen LogP contribution in [-0.2, 0) is 9.59 Å². The summed E-state index contributed by atoms with van der Waals surface area (Å²) < 4.78 is 2.66. The molecule has 0 heterocycles. The number of unbranched alkanes of at least 4 members (excludes halogenated alkanes) is 6. The summed E-state index contributed by atoms with van der Waals surface area (Å²) in [5, 5.41) is 11.5. The van der Waals surface area contributed by atoms with Crippen molar-refractivity contribution >= 4 is 24.5 Å². The Kier molecular flexibility index (Phi) is 14.9. The minimum atomic E-state index is -0.443. The van der Waals surface area contributed by atoms with E-state index in [4.69, 9.17) is 5.11 Å². The van der Waals surface area contributed by atoms with E-state index in [1.165, 1.54) is 19.3 Å². The van der Waals surface area contributed by atoms with Crippen LogP contribution in [0, 0.1) is 0 Å². The van der Waals surface area contributed by atoms with Crippen molar-refractivity contribution in [1.29, 1.82) is 0 Å². The van der Waals surface area contributed by atoms with Crippen molar-refractivity contribution in [2.24, 2.45) is 0 Å². The van der Waals surface area contributed by atoms with E-state index in [9.17, 15) is 9.59 Å². The van der Waals surface area contributed by atoms with Gasteiger partial charge in [0.05, 0.1) is 6.04 Å². The highest BCUT2D eigenvalue weighted by molar-refractivity contribution is 7.78. The first-order chi connectivity index (χ1) is 10.7. The van der Waals surface area contributed by atoms with Crippen LogP contribution in [0.1, 0.15) is 71.1 Å². The monoisotopic (exact) mass is 332 g/mol. The molecule has 6 heteroatoms. The summed E-state index contributed by atoms with van der Waals surface area (Å²) in [6.07, 6.45) is 8.87. The first-order valence-electron chi connectivity index (χ1n) is 8.45. The fraction of sp³-hybridized carbons (Fsp3) is 0.875. The van der Waals surface area contributed by atoms with Gasteiger partial charge in [0.1, 0.15) is 0 Å². The number of ketones is 1. The normalized spacial score (nSPS) is 12.1.